The van der Waals surface area contributed by atoms with Gasteiger partial charge in [-0.2, -0.15) is 4.37 Å². The molecular weight excluding hydrogens is 290 g/mol. The van der Waals surface area contributed by atoms with Gasteiger partial charge in [0.05, 0.1) is 0 Å². The van der Waals surface area contributed by atoms with E-state index in [-0.39, 0.29) is 17.8 Å². The van der Waals surface area contributed by atoms with Crippen molar-refractivity contribution in [2.45, 2.75) is 26.3 Å². The fourth-order valence-corrected chi connectivity index (χ4v) is 2.53. The second-order valence-corrected chi connectivity index (χ2v) is 5.71. The average Bonchev–Trinajstić information content (AvgIpc) is 2.96. The summed E-state index contributed by atoms with van der Waals surface area (Å²) >= 11 is 1.18. The molecule has 1 amide bonds. The van der Waals surface area contributed by atoms with Crippen molar-refractivity contribution < 1.29 is 4.79 Å². The zero-order valence-corrected chi connectivity index (χ0v) is 13.1. The Hall–Kier alpha value is -2.16. The number of anilines is 2. The van der Waals surface area contributed by atoms with Crippen LogP contribution in [0.4, 0.5) is 10.8 Å². The van der Waals surface area contributed by atoms with E-state index in [9.17, 15) is 4.79 Å². The van der Waals surface area contributed by atoms with E-state index in [1.807, 2.05) is 25.5 Å². The third-order valence-electron chi connectivity index (χ3n) is 2.80. The number of aromatic nitrogens is 4. The molecule has 0 atom stereocenters. The van der Waals surface area contributed by atoms with Gasteiger partial charge >= 0.3 is 0 Å². The number of amides is 1. The molecular formula is C12H19N7OS. The summed E-state index contributed by atoms with van der Waals surface area (Å²) in [6.45, 7) is 4.42. The van der Waals surface area contributed by atoms with Crippen LogP contribution in [0.3, 0.4) is 0 Å². The van der Waals surface area contributed by atoms with Gasteiger partial charge in [-0.3, -0.25) is 4.79 Å². The van der Waals surface area contributed by atoms with E-state index in [1.54, 1.807) is 6.33 Å². The molecule has 9 heteroatoms. The summed E-state index contributed by atoms with van der Waals surface area (Å²) in [5.41, 5.74) is 6.19. The molecule has 8 nitrogen and oxygen atoms in total. The van der Waals surface area contributed by atoms with E-state index < -0.39 is 0 Å². The van der Waals surface area contributed by atoms with Crippen molar-refractivity contribution in [3.63, 3.8) is 0 Å². The van der Waals surface area contributed by atoms with Gasteiger partial charge in [0.15, 0.2) is 5.82 Å². The maximum atomic E-state index is 12.1. The van der Waals surface area contributed by atoms with Crippen molar-refractivity contribution in [1.82, 2.24) is 24.5 Å². The van der Waals surface area contributed by atoms with Gasteiger partial charge < -0.3 is 20.9 Å². The first kappa shape index (κ1) is 15.2. The van der Waals surface area contributed by atoms with Crippen LogP contribution in [0.2, 0.25) is 0 Å². The first-order valence-electron chi connectivity index (χ1n) is 6.61. The molecule has 2 aromatic rings. The third-order valence-corrected chi connectivity index (χ3v) is 3.62. The highest BCUT2D eigenvalue weighted by molar-refractivity contribution is 7.11. The highest BCUT2D eigenvalue weighted by Crippen LogP contribution is 2.26. The number of carbonyl (C=O) groups is 1. The average molecular weight is 309 g/mol. The van der Waals surface area contributed by atoms with Crippen LogP contribution in [0.5, 0.6) is 0 Å². The van der Waals surface area contributed by atoms with Crippen LogP contribution in [0, 0.1) is 0 Å². The quantitative estimate of drug-likeness (QED) is 0.722. The summed E-state index contributed by atoms with van der Waals surface area (Å²) < 4.78 is 5.90. The lowest BCUT2D eigenvalue weighted by atomic mass is 10.2. The minimum absolute atomic E-state index is 0.0447. The lowest BCUT2D eigenvalue weighted by molar-refractivity contribution is 0.0945. The molecule has 0 bridgehead atoms. The zero-order chi connectivity index (χ0) is 15.4. The van der Waals surface area contributed by atoms with E-state index in [4.69, 9.17) is 5.73 Å². The van der Waals surface area contributed by atoms with E-state index >= 15 is 0 Å². The number of hydrogen-bond acceptors (Lipinski definition) is 7. The highest BCUT2D eigenvalue weighted by atomic mass is 32.1. The monoisotopic (exact) mass is 309 g/mol. The molecule has 0 saturated carbocycles. The lowest BCUT2D eigenvalue weighted by Crippen LogP contribution is -2.31. The molecule has 0 radical (unpaired) electrons. The molecule has 2 aromatic heterocycles. The number of nitrogens with zero attached hydrogens (tertiary/aromatic N) is 4. The van der Waals surface area contributed by atoms with E-state index in [2.05, 4.69) is 25.2 Å². The van der Waals surface area contributed by atoms with Gasteiger partial charge in [0.2, 0.25) is 0 Å². The SMILES string of the molecule is CC(C)NC(=O)c1c(N)nsc1NCCc1nncn1C. The number of aryl methyl sites for hydroxylation is 1. The van der Waals surface area contributed by atoms with Crippen molar-refractivity contribution in [1.29, 1.82) is 0 Å². The maximum absolute atomic E-state index is 12.1. The van der Waals surface area contributed by atoms with Gasteiger partial charge in [0, 0.05) is 26.1 Å². The van der Waals surface area contributed by atoms with Crippen LogP contribution >= 0.6 is 11.5 Å². The molecule has 114 valence electrons. The number of nitrogen functional groups attached to an aromatic ring is 1. The van der Waals surface area contributed by atoms with Crippen LogP contribution in [0.15, 0.2) is 6.33 Å². The molecule has 21 heavy (non-hydrogen) atoms. The molecule has 0 saturated heterocycles. The van der Waals surface area contributed by atoms with Gasteiger partial charge in [-0.25, -0.2) is 0 Å². The largest absolute Gasteiger partial charge is 0.382 e. The summed E-state index contributed by atoms with van der Waals surface area (Å²) in [5.74, 6) is 0.907. The molecule has 0 aromatic carbocycles. The van der Waals surface area contributed by atoms with E-state index in [0.29, 0.717) is 23.5 Å². The Balaban J connectivity index is 2.00. The molecule has 2 heterocycles. The van der Waals surface area contributed by atoms with Crippen LogP contribution in [-0.2, 0) is 13.5 Å². The first-order chi connectivity index (χ1) is 9.99. The summed E-state index contributed by atoms with van der Waals surface area (Å²) in [6.07, 6.45) is 2.35. The third kappa shape index (κ3) is 3.69. The Morgan fingerprint density at radius 1 is 1.52 bits per heavy atom. The number of hydrogen-bond donors (Lipinski definition) is 3. The molecule has 0 aliphatic carbocycles. The Kier molecular flexibility index (Phi) is 4.73. The Labute approximate surface area is 126 Å². The Bertz CT molecular complexity index is 619. The van der Waals surface area contributed by atoms with Crippen molar-refractivity contribution in [3.8, 4) is 0 Å². The van der Waals surface area contributed by atoms with E-state index in [1.165, 1.54) is 11.5 Å². The summed E-state index contributed by atoms with van der Waals surface area (Å²) in [5, 5.41) is 14.5. The fourth-order valence-electron chi connectivity index (χ4n) is 1.80. The summed E-state index contributed by atoms with van der Waals surface area (Å²) in [7, 11) is 1.89. The van der Waals surface area contributed by atoms with Gasteiger partial charge in [-0.05, 0) is 25.4 Å². The van der Waals surface area contributed by atoms with Crippen LogP contribution in [0.1, 0.15) is 30.0 Å². The van der Waals surface area contributed by atoms with Gasteiger partial charge in [-0.15, -0.1) is 10.2 Å². The molecule has 0 fully saturated rings. The second kappa shape index (κ2) is 6.53. The molecule has 0 aliphatic rings. The van der Waals surface area contributed by atoms with Crippen molar-refractivity contribution >= 4 is 28.3 Å². The van der Waals surface area contributed by atoms with Crippen LogP contribution in [0.25, 0.3) is 0 Å². The summed E-state index contributed by atoms with van der Waals surface area (Å²) in [4.78, 5) is 12.1. The van der Waals surface area contributed by atoms with Crippen LogP contribution in [-0.4, -0.2) is 37.6 Å². The predicted molar refractivity (Wildman–Crippen MR) is 82.3 cm³/mol. The molecule has 0 unspecified atom stereocenters. The second-order valence-electron chi connectivity index (χ2n) is 4.93. The Morgan fingerprint density at radius 3 is 2.90 bits per heavy atom. The normalized spacial score (nSPS) is 10.9. The van der Waals surface area contributed by atoms with Gasteiger partial charge in [-0.1, -0.05) is 0 Å². The smallest absolute Gasteiger partial charge is 0.258 e. The minimum atomic E-state index is -0.211. The number of carbonyl (C=O) groups excluding carboxylic acids is 1. The van der Waals surface area contributed by atoms with E-state index in [0.717, 1.165) is 5.82 Å². The maximum Gasteiger partial charge on any atom is 0.258 e. The fraction of sp³-hybridized carbons (Fsp3) is 0.500. The number of nitrogens with one attached hydrogen (secondary N) is 2. The van der Waals surface area contributed by atoms with Crippen molar-refractivity contribution in [3.05, 3.63) is 17.7 Å². The molecule has 4 N–H and O–H groups in total. The molecule has 2 rings (SSSR count). The molecule has 0 aliphatic heterocycles. The minimum Gasteiger partial charge on any atom is -0.382 e. The van der Waals surface area contributed by atoms with Crippen molar-refractivity contribution in [2.75, 3.05) is 17.6 Å². The topological polar surface area (TPSA) is 111 Å². The summed E-state index contributed by atoms with van der Waals surface area (Å²) in [6, 6.07) is 0.0447. The van der Waals surface area contributed by atoms with Gasteiger partial charge in [0.1, 0.15) is 22.7 Å². The van der Waals surface area contributed by atoms with Gasteiger partial charge in [0.25, 0.3) is 5.91 Å². The number of rotatable bonds is 6. The number of nitrogens with two attached hydrogens (primary N) is 1. The lowest BCUT2D eigenvalue weighted by Gasteiger charge is -2.10. The standard InChI is InChI=1S/C12H19N7OS/c1-7(2)16-11(20)9-10(13)18-21-12(9)14-5-4-8-17-15-6-19(8)3/h6-7,14H,4-5H2,1-3H3,(H2,13,18)(H,16,20). The van der Waals surface area contributed by atoms with Crippen molar-refractivity contribution in [2.24, 2.45) is 7.05 Å². The Morgan fingerprint density at radius 2 is 2.29 bits per heavy atom. The predicted octanol–water partition coefficient (Wildman–Crippen LogP) is 0.647. The van der Waals surface area contributed by atoms with Crippen LogP contribution < -0.4 is 16.4 Å². The first-order valence-corrected chi connectivity index (χ1v) is 7.39. The highest BCUT2D eigenvalue weighted by Gasteiger charge is 2.19. The zero-order valence-electron chi connectivity index (χ0n) is 12.3. The molecule has 0 spiro atoms.